The van der Waals surface area contributed by atoms with Crippen molar-refractivity contribution in [3.8, 4) is 11.5 Å². The second-order valence-electron chi connectivity index (χ2n) is 8.05. The molecule has 8 nitrogen and oxygen atoms in total. The summed E-state index contributed by atoms with van der Waals surface area (Å²) in [6.07, 6.45) is 1.16. The molecule has 3 aromatic rings. The van der Waals surface area contributed by atoms with Crippen LogP contribution < -0.4 is 14.8 Å². The summed E-state index contributed by atoms with van der Waals surface area (Å²) in [4.78, 5) is 8.59. The van der Waals surface area contributed by atoms with Gasteiger partial charge in [0.15, 0.2) is 11.5 Å². The van der Waals surface area contributed by atoms with Crippen molar-refractivity contribution in [2.45, 2.75) is 18.3 Å². The summed E-state index contributed by atoms with van der Waals surface area (Å²) in [5, 5.41) is 3.92. The number of nitrogens with zero attached hydrogens (tertiary/aromatic N) is 2. The highest BCUT2D eigenvalue weighted by molar-refractivity contribution is 6.42. The van der Waals surface area contributed by atoms with Crippen LogP contribution in [0.4, 0.5) is 15.9 Å². The van der Waals surface area contributed by atoms with Crippen molar-refractivity contribution in [3.05, 3.63) is 46.5 Å². The smallest absolute Gasteiger partial charge is 0.163 e. The van der Waals surface area contributed by atoms with E-state index in [4.69, 9.17) is 46.9 Å². The number of hydrogen-bond acceptors (Lipinski definition) is 8. The highest BCUT2D eigenvalue weighted by atomic mass is 35.5. The number of nitrogens with one attached hydrogen (secondary N) is 1. The largest absolute Gasteiger partial charge is 0.493 e. The highest BCUT2D eigenvalue weighted by Crippen LogP contribution is 2.38. The van der Waals surface area contributed by atoms with Crippen LogP contribution in [0.25, 0.3) is 10.9 Å². The summed E-state index contributed by atoms with van der Waals surface area (Å²) in [6.45, 7) is 1.41. The summed E-state index contributed by atoms with van der Waals surface area (Å²) in [6, 6.07) is 6.04. The molecule has 2 aliphatic rings. The van der Waals surface area contributed by atoms with Crippen molar-refractivity contribution in [1.29, 1.82) is 0 Å². The molecule has 1 unspecified atom stereocenters. The van der Waals surface area contributed by atoms with Gasteiger partial charge in [-0.15, -0.1) is 0 Å². The molecule has 2 aliphatic heterocycles. The van der Waals surface area contributed by atoms with Gasteiger partial charge in [0.1, 0.15) is 30.2 Å². The van der Waals surface area contributed by atoms with Gasteiger partial charge < -0.3 is 29.0 Å². The van der Waals surface area contributed by atoms with Gasteiger partial charge in [-0.25, -0.2) is 14.4 Å². The molecule has 0 saturated carbocycles. The molecule has 0 aliphatic carbocycles. The zero-order chi connectivity index (χ0) is 23.8. The fourth-order valence-electron chi connectivity index (χ4n) is 4.27. The van der Waals surface area contributed by atoms with Crippen molar-refractivity contribution in [2.75, 3.05) is 39.4 Å². The molecular weight excluding hydrogens is 488 g/mol. The predicted octanol–water partition coefficient (Wildman–Crippen LogP) is 4.64. The SMILES string of the molecule is COc1cc2c(Nc3cc(Cl)c(Cl)cc3F)ncnc2cc1OC[C@@H]1CO[C@H]2C1OC[C@@H]2OC. The van der Waals surface area contributed by atoms with Gasteiger partial charge in [0, 0.05) is 24.5 Å². The molecule has 0 spiro atoms. The minimum absolute atomic E-state index is 0.0609. The third-order valence-corrected chi connectivity index (χ3v) is 6.77. The van der Waals surface area contributed by atoms with Crippen LogP contribution in [0, 0.1) is 11.7 Å². The fraction of sp³-hybridized carbons (Fsp3) is 0.391. The third kappa shape index (κ3) is 4.34. The lowest BCUT2D eigenvalue weighted by molar-refractivity contribution is -0.0104. The topological polar surface area (TPSA) is 84.0 Å². The maximum atomic E-state index is 14.4. The number of rotatable bonds is 7. The van der Waals surface area contributed by atoms with Gasteiger partial charge in [-0.2, -0.15) is 0 Å². The molecule has 0 bridgehead atoms. The first kappa shape index (κ1) is 23.3. The summed E-state index contributed by atoms with van der Waals surface area (Å²) in [7, 11) is 3.20. The van der Waals surface area contributed by atoms with Crippen LogP contribution in [0.2, 0.25) is 10.0 Å². The van der Waals surface area contributed by atoms with E-state index in [2.05, 4.69) is 15.3 Å². The zero-order valence-electron chi connectivity index (χ0n) is 18.4. The first-order chi connectivity index (χ1) is 16.5. The summed E-state index contributed by atoms with van der Waals surface area (Å²) < 4.78 is 43.2. The number of hydrogen-bond donors (Lipinski definition) is 1. The lowest BCUT2D eigenvalue weighted by Crippen LogP contribution is -2.32. The molecular formula is C23H22Cl2FN3O5. The number of anilines is 2. The molecule has 34 heavy (non-hydrogen) atoms. The number of aromatic nitrogens is 2. The van der Waals surface area contributed by atoms with E-state index in [-0.39, 0.29) is 40.0 Å². The molecule has 1 N–H and O–H groups in total. The fourth-order valence-corrected chi connectivity index (χ4v) is 4.58. The van der Waals surface area contributed by atoms with Gasteiger partial charge in [-0.3, -0.25) is 0 Å². The maximum absolute atomic E-state index is 14.4. The second-order valence-corrected chi connectivity index (χ2v) is 8.87. The Balaban J connectivity index is 1.38. The lowest BCUT2D eigenvalue weighted by atomic mass is 10.0. The van der Waals surface area contributed by atoms with Crippen molar-refractivity contribution in [3.63, 3.8) is 0 Å². The molecule has 11 heteroatoms. The monoisotopic (exact) mass is 509 g/mol. The number of ether oxygens (including phenoxy) is 5. The van der Waals surface area contributed by atoms with Crippen molar-refractivity contribution < 1.29 is 28.1 Å². The van der Waals surface area contributed by atoms with E-state index in [1.807, 2.05) is 0 Å². The van der Waals surface area contributed by atoms with Crippen LogP contribution in [-0.4, -0.2) is 62.3 Å². The van der Waals surface area contributed by atoms with E-state index >= 15 is 0 Å². The first-order valence-electron chi connectivity index (χ1n) is 10.6. The number of fused-ring (bicyclic) bond motifs is 2. The molecule has 0 amide bonds. The molecule has 2 saturated heterocycles. The Labute approximate surface area is 205 Å². The summed E-state index contributed by atoms with van der Waals surface area (Å²) in [5.41, 5.74) is 0.723. The van der Waals surface area contributed by atoms with E-state index < -0.39 is 5.82 Å². The van der Waals surface area contributed by atoms with Crippen molar-refractivity contribution >= 4 is 45.6 Å². The highest BCUT2D eigenvalue weighted by Gasteiger charge is 2.48. The minimum Gasteiger partial charge on any atom is -0.493 e. The number of methoxy groups -OCH3 is 2. The lowest BCUT2D eigenvalue weighted by Gasteiger charge is -2.18. The predicted molar refractivity (Wildman–Crippen MR) is 125 cm³/mol. The first-order valence-corrected chi connectivity index (χ1v) is 11.4. The van der Waals surface area contributed by atoms with E-state index in [0.717, 1.165) is 6.07 Å². The van der Waals surface area contributed by atoms with E-state index in [1.54, 1.807) is 26.4 Å². The van der Waals surface area contributed by atoms with E-state index in [9.17, 15) is 4.39 Å². The summed E-state index contributed by atoms with van der Waals surface area (Å²) >= 11 is 11.9. The van der Waals surface area contributed by atoms with Crippen LogP contribution in [0.5, 0.6) is 11.5 Å². The Bertz CT molecular complexity index is 1220. The molecule has 180 valence electrons. The maximum Gasteiger partial charge on any atom is 0.163 e. The van der Waals surface area contributed by atoms with Crippen LogP contribution in [0.1, 0.15) is 0 Å². The summed E-state index contributed by atoms with van der Waals surface area (Å²) in [5.74, 6) is 0.882. The Morgan fingerprint density at radius 2 is 1.82 bits per heavy atom. The van der Waals surface area contributed by atoms with Crippen LogP contribution in [0.15, 0.2) is 30.6 Å². The van der Waals surface area contributed by atoms with Gasteiger partial charge in [-0.05, 0) is 18.2 Å². The molecule has 2 fully saturated rings. The molecule has 5 rings (SSSR count). The normalized spacial score (nSPS) is 23.8. The van der Waals surface area contributed by atoms with E-state index in [0.29, 0.717) is 48.0 Å². The average molecular weight is 510 g/mol. The standard InChI is InChI=1S/C23H22Cl2FN3O5/c1-30-18-3-12-16(27-10-28-23(12)29-17-5-14(25)13(24)4-15(17)26)6-19(18)32-7-11-8-33-22-20(31-2)9-34-21(11)22/h3-6,10-11,20-22H,7-9H2,1-2H3,(H,27,28,29)/t11-,20+,21?,22-/m1/s1. The molecule has 0 radical (unpaired) electrons. The van der Waals surface area contributed by atoms with Gasteiger partial charge in [-0.1, -0.05) is 23.2 Å². The van der Waals surface area contributed by atoms with Crippen molar-refractivity contribution in [2.24, 2.45) is 5.92 Å². The van der Waals surface area contributed by atoms with Gasteiger partial charge >= 0.3 is 0 Å². The quantitative estimate of drug-likeness (QED) is 0.461. The molecule has 2 aromatic carbocycles. The zero-order valence-corrected chi connectivity index (χ0v) is 19.9. The van der Waals surface area contributed by atoms with E-state index in [1.165, 1.54) is 12.4 Å². The Hall–Kier alpha value is -2.43. The Kier molecular flexibility index (Phi) is 6.63. The number of benzene rings is 2. The van der Waals surface area contributed by atoms with Crippen LogP contribution >= 0.6 is 23.2 Å². The molecule has 3 heterocycles. The van der Waals surface area contributed by atoms with Crippen molar-refractivity contribution in [1.82, 2.24) is 9.97 Å². The minimum atomic E-state index is -0.560. The van der Waals surface area contributed by atoms with Gasteiger partial charge in [0.25, 0.3) is 0 Å². The Morgan fingerprint density at radius 1 is 1.03 bits per heavy atom. The van der Waals surface area contributed by atoms with Gasteiger partial charge in [0.05, 0.1) is 54.3 Å². The number of halogens is 3. The second kappa shape index (κ2) is 9.67. The molecule has 4 atom stereocenters. The van der Waals surface area contributed by atoms with Crippen LogP contribution in [-0.2, 0) is 14.2 Å². The van der Waals surface area contributed by atoms with Gasteiger partial charge in [0.2, 0.25) is 0 Å². The third-order valence-electron chi connectivity index (χ3n) is 6.05. The van der Waals surface area contributed by atoms with Crippen LogP contribution in [0.3, 0.4) is 0 Å². The average Bonchev–Trinajstić information content (AvgIpc) is 3.43. The molecule has 1 aromatic heterocycles. The Morgan fingerprint density at radius 3 is 2.62 bits per heavy atom.